The zero-order valence-electron chi connectivity index (χ0n) is 9.20. The van der Waals surface area contributed by atoms with Crippen LogP contribution >= 0.6 is 0 Å². The van der Waals surface area contributed by atoms with Crippen LogP contribution in [0.1, 0.15) is 12.8 Å². The minimum atomic E-state index is -0.948. The molecule has 1 aromatic carbocycles. The quantitative estimate of drug-likeness (QED) is 0.868. The van der Waals surface area contributed by atoms with Crippen LogP contribution in [-0.4, -0.2) is 29.8 Å². The highest BCUT2D eigenvalue weighted by Crippen LogP contribution is 2.21. The van der Waals surface area contributed by atoms with Gasteiger partial charge in [0.1, 0.15) is 6.10 Å². The number of cyclic esters (lactones) is 1. The Morgan fingerprint density at radius 3 is 2.71 bits per heavy atom. The van der Waals surface area contributed by atoms with Crippen molar-refractivity contribution in [2.75, 3.05) is 11.4 Å². The molecule has 1 fully saturated rings. The van der Waals surface area contributed by atoms with E-state index in [-0.39, 0.29) is 6.42 Å². The maximum absolute atomic E-state index is 11.7. The van der Waals surface area contributed by atoms with E-state index in [1.54, 1.807) is 0 Å². The molecule has 1 unspecified atom stereocenters. The van der Waals surface area contributed by atoms with Gasteiger partial charge in [-0.1, -0.05) is 18.2 Å². The summed E-state index contributed by atoms with van der Waals surface area (Å²) in [5.41, 5.74) is 0.770. The number of hydrogen-bond donors (Lipinski definition) is 1. The lowest BCUT2D eigenvalue weighted by Crippen LogP contribution is -2.42. The topological polar surface area (TPSA) is 66.8 Å². The number of carboxylic acids is 1. The van der Waals surface area contributed by atoms with E-state index in [1.807, 2.05) is 30.3 Å². The third-order valence-corrected chi connectivity index (χ3v) is 2.63. The summed E-state index contributed by atoms with van der Waals surface area (Å²) in [7, 11) is 0. The summed E-state index contributed by atoms with van der Waals surface area (Å²) in [4.78, 5) is 23.7. The van der Waals surface area contributed by atoms with E-state index in [9.17, 15) is 9.59 Å². The number of aliphatic carboxylic acids is 1. The smallest absolute Gasteiger partial charge is 0.414 e. The van der Waals surface area contributed by atoms with Gasteiger partial charge >= 0.3 is 12.1 Å². The zero-order valence-corrected chi connectivity index (χ0v) is 9.20. The number of carbonyl (C=O) groups is 2. The van der Waals surface area contributed by atoms with Crippen molar-refractivity contribution in [3.63, 3.8) is 0 Å². The predicted octanol–water partition coefficient (Wildman–Crippen LogP) is 1.88. The molecule has 0 aliphatic carbocycles. The highest BCUT2D eigenvalue weighted by Gasteiger charge is 2.29. The van der Waals surface area contributed by atoms with Gasteiger partial charge in [-0.3, -0.25) is 9.69 Å². The Morgan fingerprint density at radius 1 is 1.41 bits per heavy atom. The van der Waals surface area contributed by atoms with Crippen molar-refractivity contribution in [1.82, 2.24) is 0 Å². The minimum absolute atomic E-state index is 0.131. The second-order valence-electron chi connectivity index (χ2n) is 3.88. The summed E-state index contributed by atoms with van der Waals surface area (Å²) in [5.74, 6) is -0.948. The molecule has 5 heteroatoms. The Labute approximate surface area is 98.6 Å². The van der Waals surface area contributed by atoms with Crippen LogP contribution in [0.3, 0.4) is 0 Å². The Bertz CT molecular complexity index is 418. The van der Waals surface area contributed by atoms with Gasteiger partial charge in [-0.05, 0) is 12.1 Å². The molecule has 0 bridgehead atoms. The average molecular weight is 235 g/mol. The number of benzene rings is 1. The number of amides is 1. The maximum atomic E-state index is 11.7. The molecule has 1 aliphatic heterocycles. The van der Waals surface area contributed by atoms with Crippen molar-refractivity contribution in [2.24, 2.45) is 0 Å². The van der Waals surface area contributed by atoms with Crippen molar-refractivity contribution in [3.8, 4) is 0 Å². The van der Waals surface area contributed by atoms with Crippen LogP contribution in [-0.2, 0) is 9.53 Å². The third-order valence-electron chi connectivity index (χ3n) is 2.63. The fourth-order valence-corrected chi connectivity index (χ4v) is 1.81. The van der Waals surface area contributed by atoms with Crippen LogP contribution in [0.25, 0.3) is 0 Å². The molecule has 0 radical (unpaired) electrons. The molecule has 90 valence electrons. The molecule has 1 N–H and O–H groups in total. The Morgan fingerprint density at radius 2 is 2.12 bits per heavy atom. The van der Waals surface area contributed by atoms with E-state index < -0.39 is 18.2 Å². The molecule has 17 heavy (non-hydrogen) atoms. The van der Waals surface area contributed by atoms with Gasteiger partial charge in [0, 0.05) is 18.7 Å². The van der Waals surface area contributed by atoms with Gasteiger partial charge in [0.05, 0.1) is 6.42 Å². The van der Waals surface area contributed by atoms with Crippen molar-refractivity contribution < 1.29 is 19.4 Å². The predicted molar refractivity (Wildman–Crippen MR) is 60.9 cm³/mol. The van der Waals surface area contributed by atoms with Gasteiger partial charge in [0.15, 0.2) is 0 Å². The van der Waals surface area contributed by atoms with Crippen LogP contribution in [0.4, 0.5) is 10.5 Å². The molecule has 0 spiro atoms. The first-order valence-corrected chi connectivity index (χ1v) is 5.42. The number of nitrogens with zero attached hydrogens (tertiary/aromatic N) is 1. The second-order valence-corrected chi connectivity index (χ2v) is 3.88. The van der Waals surface area contributed by atoms with Gasteiger partial charge in [0.2, 0.25) is 0 Å². The molecular formula is C12H13NO4. The van der Waals surface area contributed by atoms with E-state index >= 15 is 0 Å². The first kappa shape index (κ1) is 11.4. The molecular weight excluding hydrogens is 222 g/mol. The fourth-order valence-electron chi connectivity index (χ4n) is 1.81. The van der Waals surface area contributed by atoms with Crippen LogP contribution in [0.2, 0.25) is 0 Å². The SMILES string of the molecule is O=C(O)CC1CCN(c2ccccc2)C(=O)O1. The maximum Gasteiger partial charge on any atom is 0.414 e. The molecule has 1 saturated heterocycles. The molecule has 2 rings (SSSR count). The fraction of sp³-hybridized carbons (Fsp3) is 0.333. The number of ether oxygens (including phenoxy) is 1. The summed E-state index contributed by atoms with van der Waals surface area (Å²) in [5, 5.41) is 8.63. The van der Waals surface area contributed by atoms with E-state index in [2.05, 4.69) is 0 Å². The molecule has 1 heterocycles. The number of rotatable bonds is 3. The minimum Gasteiger partial charge on any atom is -0.481 e. The van der Waals surface area contributed by atoms with Gasteiger partial charge < -0.3 is 9.84 Å². The summed E-state index contributed by atoms with van der Waals surface area (Å²) >= 11 is 0. The Kier molecular flexibility index (Phi) is 3.27. The highest BCUT2D eigenvalue weighted by atomic mass is 16.6. The molecule has 1 atom stereocenters. The molecule has 5 nitrogen and oxygen atoms in total. The second kappa shape index (κ2) is 4.86. The first-order valence-electron chi connectivity index (χ1n) is 5.42. The summed E-state index contributed by atoms with van der Waals surface area (Å²) in [6, 6.07) is 9.18. The number of para-hydroxylation sites is 1. The monoisotopic (exact) mass is 235 g/mol. The number of carboxylic acid groups (broad SMARTS) is 1. The number of carbonyl (C=O) groups excluding carboxylic acids is 1. The Hall–Kier alpha value is -2.04. The number of anilines is 1. The largest absolute Gasteiger partial charge is 0.481 e. The van der Waals surface area contributed by atoms with Crippen molar-refractivity contribution >= 4 is 17.7 Å². The first-order chi connectivity index (χ1) is 8.16. The molecule has 0 saturated carbocycles. The zero-order chi connectivity index (χ0) is 12.3. The average Bonchev–Trinajstić information content (AvgIpc) is 2.29. The lowest BCUT2D eigenvalue weighted by molar-refractivity contribution is -0.139. The van der Waals surface area contributed by atoms with Gasteiger partial charge in [-0.15, -0.1) is 0 Å². The van der Waals surface area contributed by atoms with Gasteiger partial charge in [0.25, 0.3) is 0 Å². The highest BCUT2D eigenvalue weighted by molar-refractivity contribution is 5.88. The molecule has 1 amide bonds. The van der Waals surface area contributed by atoms with E-state index in [4.69, 9.17) is 9.84 Å². The molecule has 1 aromatic rings. The summed E-state index contributed by atoms with van der Waals surface area (Å²) in [6.07, 6.45) is -0.588. The Balaban J connectivity index is 2.02. The lowest BCUT2D eigenvalue weighted by Gasteiger charge is -2.31. The van der Waals surface area contributed by atoms with Crippen LogP contribution < -0.4 is 4.90 Å². The summed E-state index contributed by atoms with van der Waals surface area (Å²) in [6.45, 7) is 0.487. The molecule has 0 aromatic heterocycles. The number of hydrogen-bond acceptors (Lipinski definition) is 3. The van der Waals surface area contributed by atoms with E-state index in [0.717, 1.165) is 5.69 Å². The van der Waals surface area contributed by atoms with Gasteiger partial charge in [-0.25, -0.2) is 4.79 Å². The normalized spacial score (nSPS) is 19.9. The van der Waals surface area contributed by atoms with Gasteiger partial charge in [-0.2, -0.15) is 0 Å². The van der Waals surface area contributed by atoms with E-state index in [0.29, 0.717) is 13.0 Å². The lowest BCUT2D eigenvalue weighted by atomic mass is 10.1. The standard InChI is InChI=1S/C12H13NO4/c14-11(15)8-10-6-7-13(12(16)17-10)9-4-2-1-3-5-9/h1-5,10H,6-8H2,(H,14,15). The van der Waals surface area contributed by atoms with Crippen LogP contribution in [0.15, 0.2) is 30.3 Å². The molecule has 1 aliphatic rings. The van der Waals surface area contributed by atoms with Crippen molar-refractivity contribution in [2.45, 2.75) is 18.9 Å². The summed E-state index contributed by atoms with van der Waals surface area (Å²) < 4.78 is 5.07. The van der Waals surface area contributed by atoms with Crippen molar-refractivity contribution in [1.29, 1.82) is 0 Å². The van der Waals surface area contributed by atoms with Crippen LogP contribution in [0.5, 0.6) is 0 Å². The van der Waals surface area contributed by atoms with Crippen molar-refractivity contribution in [3.05, 3.63) is 30.3 Å². The van der Waals surface area contributed by atoms with E-state index in [1.165, 1.54) is 4.90 Å². The third kappa shape index (κ3) is 2.75. The van der Waals surface area contributed by atoms with Crippen LogP contribution in [0, 0.1) is 0 Å².